The highest BCUT2D eigenvalue weighted by Crippen LogP contribution is 2.09. The molecule has 3 amide bonds. The minimum atomic E-state index is -0.125. The Balaban J connectivity index is 2.25. The standard InChI is InChI=1S/C11H22N4O2/c1-4-12-9-5-7-15(10(9)16)8-6-13-11(17)14(2)3/h9,12H,4-8H2,1-3H3,(H,13,17). The van der Waals surface area contributed by atoms with Crippen LogP contribution >= 0.6 is 0 Å². The molecule has 1 saturated heterocycles. The van der Waals surface area contributed by atoms with Crippen LogP contribution < -0.4 is 10.6 Å². The fourth-order valence-corrected chi connectivity index (χ4v) is 1.85. The smallest absolute Gasteiger partial charge is 0.316 e. The van der Waals surface area contributed by atoms with Crippen LogP contribution in [0.2, 0.25) is 0 Å². The van der Waals surface area contributed by atoms with Crippen LogP contribution in [0.25, 0.3) is 0 Å². The van der Waals surface area contributed by atoms with E-state index in [9.17, 15) is 9.59 Å². The molecule has 0 saturated carbocycles. The number of carbonyl (C=O) groups is 2. The maximum absolute atomic E-state index is 11.8. The minimum absolute atomic E-state index is 0.0375. The SMILES string of the molecule is CCNC1CCN(CCNC(=O)N(C)C)C1=O. The topological polar surface area (TPSA) is 64.7 Å². The summed E-state index contributed by atoms with van der Waals surface area (Å²) in [6, 6.07) is -0.163. The van der Waals surface area contributed by atoms with E-state index in [1.807, 2.05) is 6.92 Å². The van der Waals surface area contributed by atoms with Crippen molar-refractivity contribution in [2.24, 2.45) is 0 Å². The van der Waals surface area contributed by atoms with Gasteiger partial charge >= 0.3 is 6.03 Å². The Morgan fingerprint density at radius 1 is 1.53 bits per heavy atom. The number of likely N-dealkylation sites (tertiary alicyclic amines) is 1. The summed E-state index contributed by atoms with van der Waals surface area (Å²) in [7, 11) is 3.38. The average molecular weight is 242 g/mol. The Morgan fingerprint density at radius 2 is 2.24 bits per heavy atom. The number of rotatable bonds is 5. The Kier molecular flexibility index (Phi) is 5.21. The van der Waals surface area contributed by atoms with Gasteiger partial charge in [0.25, 0.3) is 0 Å². The molecular weight excluding hydrogens is 220 g/mol. The first-order valence-corrected chi connectivity index (χ1v) is 6.03. The van der Waals surface area contributed by atoms with Crippen LogP contribution in [0.15, 0.2) is 0 Å². The van der Waals surface area contributed by atoms with Gasteiger partial charge in [-0.25, -0.2) is 4.79 Å². The van der Waals surface area contributed by atoms with Gasteiger partial charge in [-0.05, 0) is 13.0 Å². The predicted molar refractivity (Wildman–Crippen MR) is 65.7 cm³/mol. The zero-order chi connectivity index (χ0) is 12.8. The van der Waals surface area contributed by atoms with Gasteiger partial charge < -0.3 is 20.4 Å². The highest BCUT2D eigenvalue weighted by atomic mass is 16.2. The van der Waals surface area contributed by atoms with Crippen LogP contribution in [0.3, 0.4) is 0 Å². The zero-order valence-corrected chi connectivity index (χ0v) is 10.8. The fourth-order valence-electron chi connectivity index (χ4n) is 1.85. The summed E-state index contributed by atoms with van der Waals surface area (Å²) in [6.45, 7) is 4.66. The number of hydrogen-bond donors (Lipinski definition) is 2. The molecule has 1 aliphatic heterocycles. The highest BCUT2D eigenvalue weighted by molar-refractivity contribution is 5.84. The number of likely N-dealkylation sites (N-methyl/N-ethyl adjacent to an activating group) is 1. The molecule has 98 valence electrons. The normalized spacial score (nSPS) is 19.6. The van der Waals surface area contributed by atoms with Crippen LogP contribution in [0.1, 0.15) is 13.3 Å². The van der Waals surface area contributed by atoms with Crippen molar-refractivity contribution in [2.45, 2.75) is 19.4 Å². The van der Waals surface area contributed by atoms with Crippen molar-refractivity contribution in [1.29, 1.82) is 0 Å². The van der Waals surface area contributed by atoms with Gasteiger partial charge in [0.2, 0.25) is 5.91 Å². The second-order valence-corrected chi connectivity index (χ2v) is 4.35. The first kappa shape index (κ1) is 13.8. The van der Waals surface area contributed by atoms with Crippen molar-refractivity contribution < 1.29 is 9.59 Å². The second-order valence-electron chi connectivity index (χ2n) is 4.35. The summed E-state index contributed by atoms with van der Waals surface area (Å²) >= 11 is 0. The molecule has 1 aliphatic rings. The molecule has 0 bridgehead atoms. The van der Waals surface area contributed by atoms with E-state index in [0.717, 1.165) is 19.5 Å². The maximum Gasteiger partial charge on any atom is 0.316 e. The molecule has 6 heteroatoms. The van der Waals surface area contributed by atoms with Crippen LogP contribution in [-0.4, -0.2) is 68.1 Å². The molecule has 17 heavy (non-hydrogen) atoms. The molecule has 1 fully saturated rings. The zero-order valence-electron chi connectivity index (χ0n) is 10.8. The lowest BCUT2D eigenvalue weighted by molar-refractivity contribution is -0.129. The monoisotopic (exact) mass is 242 g/mol. The molecule has 1 heterocycles. The van der Waals surface area contributed by atoms with Crippen LogP contribution in [-0.2, 0) is 4.79 Å². The van der Waals surface area contributed by atoms with Gasteiger partial charge in [-0.3, -0.25) is 4.79 Å². The summed E-state index contributed by atoms with van der Waals surface area (Å²) in [5.41, 5.74) is 0. The van der Waals surface area contributed by atoms with E-state index < -0.39 is 0 Å². The summed E-state index contributed by atoms with van der Waals surface area (Å²) in [6.07, 6.45) is 0.855. The van der Waals surface area contributed by atoms with Crippen molar-refractivity contribution in [3.05, 3.63) is 0 Å². The minimum Gasteiger partial charge on any atom is -0.340 e. The molecule has 6 nitrogen and oxygen atoms in total. The lowest BCUT2D eigenvalue weighted by Crippen LogP contribution is -2.42. The van der Waals surface area contributed by atoms with Gasteiger partial charge in [0, 0.05) is 33.7 Å². The molecule has 0 radical (unpaired) electrons. The van der Waals surface area contributed by atoms with E-state index in [4.69, 9.17) is 0 Å². The number of urea groups is 1. The number of nitrogens with one attached hydrogen (secondary N) is 2. The molecule has 0 aromatic carbocycles. The molecule has 1 rings (SSSR count). The van der Waals surface area contributed by atoms with Gasteiger partial charge in [-0.15, -0.1) is 0 Å². The molecule has 0 aromatic heterocycles. The molecule has 2 N–H and O–H groups in total. The van der Waals surface area contributed by atoms with Crippen LogP contribution in [0, 0.1) is 0 Å². The van der Waals surface area contributed by atoms with E-state index in [2.05, 4.69) is 10.6 Å². The lowest BCUT2D eigenvalue weighted by Gasteiger charge is -2.18. The number of nitrogens with zero attached hydrogens (tertiary/aromatic N) is 2. The summed E-state index contributed by atoms with van der Waals surface area (Å²) < 4.78 is 0. The van der Waals surface area contributed by atoms with Crippen molar-refractivity contribution >= 4 is 11.9 Å². The molecule has 1 atom stereocenters. The van der Waals surface area contributed by atoms with Gasteiger partial charge in [-0.1, -0.05) is 6.92 Å². The summed E-state index contributed by atoms with van der Waals surface area (Å²) in [5, 5.41) is 5.90. The van der Waals surface area contributed by atoms with Gasteiger partial charge in [-0.2, -0.15) is 0 Å². The number of carbonyl (C=O) groups excluding carboxylic acids is 2. The highest BCUT2D eigenvalue weighted by Gasteiger charge is 2.30. The predicted octanol–water partition coefficient (Wildman–Crippen LogP) is -0.532. The van der Waals surface area contributed by atoms with E-state index in [-0.39, 0.29) is 18.0 Å². The maximum atomic E-state index is 11.8. The third kappa shape index (κ3) is 3.89. The number of amides is 3. The van der Waals surface area contributed by atoms with E-state index in [0.29, 0.717) is 13.1 Å². The summed E-state index contributed by atoms with van der Waals surface area (Å²) in [5.74, 6) is 0.144. The first-order chi connectivity index (χ1) is 8.06. The Labute approximate surface area is 102 Å². The largest absolute Gasteiger partial charge is 0.340 e. The molecule has 0 aromatic rings. The van der Waals surface area contributed by atoms with Gasteiger partial charge in [0.05, 0.1) is 6.04 Å². The second kappa shape index (κ2) is 6.44. The lowest BCUT2D eigenvalue weighted by atomic mass is 10.2. The third-order valence-corrected chi connectivity index (χ3v) is 2.81. The first-order valence-electron chi connectivity index (χ1n) is 6.03. The number of hydrogen-bond acceptors (Lipinski definition) is 3. The quantitative estimate of drug-likeness (QED) is 0.681. The Hall–Kier alpha value is -1.30. The Morgan fingerprint density at radius 3 is 2.82 bits per heavy atom. The average Bonchev–Trinajstić information content (AvgIpc) is 2.62. The molecule has 0 spiro atoms. The molecule has 0 aliphatic carbocycles. The van der Waals surface area contributed by atoms with Crippen molar-refractivity contribution in [1.82, 2.24) is 20.4 Å². The van der Waals surface area contributed by atoms with Crippen LogP contribution in [0.5, 0.6) is 0 Å². The molecular formula is C11H22N4O2. The summed E-state index contributed by atoms with van der Waals surface area (Å²) in [4.78, 5) is 26.4. The van der Waals surface area contributed by atoms with Crippen molar-refractivity contribution in [3.8, 4) is 0 Å². The third-order valence-electron chi connectivity index (χ3n) is 2.81. The molecule has 1 unspecified atom stereocenters. The Bertz CT molecular complexity index is 281. The van der Waals surface area contributed by atoms with Gasteiger partial charge in [0.1, 0.15) is 0 Å². The fraction of sp³-hybridized carbons (Fsp3) is 0.818. The van der Waals surface area contributed by atoms with Crippen molar-refractivity contribution in [3.63, 3.8) is 0 Å². The van der Waals surface area contributed by atoms with E-state index in [1.54, 1.807) is 19.0 Å². The van der Waals surface area contributed by atoms with E-state index >= 15 is 0 Å². The van der Waals surface area contributed by atoms with Gasteiger partial charge in [0.15, 0.2) is 0 Å². The van der Waals surface area contributed by atoms with Crippen molar-refractivity contribution in [2.75, 3.05) is 40.3 Å². The van der Waals surface area contributed by atoms with E-state index in [1.165, 1.54) is 4.90 Å². The van der Waals surface area contributed by atoms with Crippen LogP contribution in [0.4, 0.5) is 4.79 Å².